The van der Waals surface area contributed by atoms with E-state index in [0.717, 1.165) is 11.3 Å². The molecule has 0 bridgehead atoms. The van der Waals surface area contributed by atoms with Crippen molar-refractivity contribution >= 4 is 16.8 Å². The van der Waals surface area contributed by atoms with E-state index >= 15 is 0 Å². The first-order chi connectivity index (χ1) is 16.1. The van der Waals surface area contributed by atoms with Gasteiger partial charge in [0.25, 0.3) is 11.5 Å². The Labute approximate surface area is 191 Å². The summed E-state index contributed by atoms with van der Waals surface area (Å²) < 4.78 is 12.1. The zero-order valence-corrected chi connectivity index (χ0v) is 18.6. The van der Waals surface area contributed by atoms with Gasteiger partial charge in [-0.2, -0.15) is 0 Å². The fourth-order valence-electron chi connectivity index (χ4n) is 3.54. The van der Waals surface area contributed by atoms with Crippen LogP contribution in [0, 0.1) is 6.92 Å². The van der Waals surface area contributed by atoms with Crippen LogP contribution in [0.4, 0.5) is 0 Å². The first kappa shape index (κ1) is 22.2. The molecule has 0 aliphatic rings. The number of methoxy groups -OCH3 is 1. The quantitative estimate of drug-likeness (QED) is 0.421. The molecule has 0 atom stereocenters. The van der Waals surface area contributed by atoms with E-state index in [2.05, 4.69) is 10.3 Å². The highest BCUT2D eigenvalue weighted by atomic mass is 16.5. The maximum Gasteiger partial charge on any atom is 0.265 e. The number of rotatable bonds is 8. The third-order valence-electron chi connectivity index (χ3n) is 5.26. The van der Waals surface area contributed by atoms with Crippen LogP contribution >= 0.6 is 0 Å². The van der Waals surface area contributed by atoms with E-state index in [0.29, 0.717) is 47.7 Å². The number of carbonyl (C=O) groups excluding carboxylic acids is 1. The van der Waals surface area contributed by atoms with Gasteiger partial charge in [0.1, 0.15) is 18.2 Å². The molecule has 4 aromatic rings. The van der Waals surface area contributed by atoms with Crippen molar-refractivity contribution in [3.63, 3.8) is 0 Å². The number of nitrogens with one attached hydrogen (secondary N) is 1. The van der Waals surface area contributed by atoms with E-state index in [9.17, 15) is 9.59 Å². The first-order valence-electron chi connectivity index (χ1n) is 10.6. The van der Waals surface area contributed by atoms with Crippen molar-refractivity contribution in [1.82, 2.24) is 14.9 Å². The van der Waals surface area contributed by atoms with Crippen LogP contribution in [-0.4, -0.2) is 35.8 Å². The summed E-state index contributed by atoms with van der Waals surface area (Å²) >= 11 is 0. The van der Waals surface area contributed by atoms with Crippen LogP contribution in [0.15, 0.2) is 77.6 Å². The molecule has 1 aromatic heterocycles. The number of nitrogens with zero attached hydrogens (tertiary/aromatic N) is 2. The smallest absolute Gasteiger partial charge is 0.265 e. The maximum absolute atomic E-state index is 13.0. The molecule has 168 valence electrons. The average Bonchev–Trinajstić information content (AvgIpc) is 2.84. The van der Waals surface area contributed by atoms with Crippen molar-refractivity contribution in [3.05, 3.63) is 100 Å². The van der Waals surface area contributed by atoms with Crippen LogP contribution < -0.4 is 15.6 Å². The van der Waals surface area contributed by atoms with E-state index in [1.807, 2.05) is 42.5 Å². The minimum atomic E-state index is -0.192. The molecule has 1 amide bonds. The Bertz CT molecular complexity index is 1310. The molecule has 3 aromatic carbocycles. The number of ether oxygens (including phenoxy) is 2. The van der Waals surface area contributed by atoms with Crippen molar-refractivity contribution in [2.75, 3.05) is 20.3 Å². The molecule has 0 aliphatic heterocycles. The summed E-state index contributed by atoms with van der Waals surface area (Å²) in [5.74, 6) is 1.15. The number of hydrogen-bond donors (Lipinski definition) is 1. The fraction of sp³-hybridized carbons (Fsp3) is 0.192. The Morgan fingerprint density at radius 3 is 2.42 bits per heavy atom. The van der Waals surface area contributed by atoms with E-state index in [4.69, 9.17) is 9.47 Å². The lowest BCUT2D eigenvalue weighted by Gasteiger charge is -2.12. The second-order valence-electron chi connectivity index (χ2n) is 7.53. The standard InChI is InChI=1S/C26H25N3O4/c1-18-28-24-6-4-3-5-23(24)26(31)29(18)21-11-9-20(10-12-21)25(30)27-17-19-7-13-22(14-8-19)33-16-15-32-2/h3-14H,15-17H2,1-2H3,(H,27,30). The Morgan fingerprint density at radius 1 is 0.970 bits per heavy atom. The van der Waals surface area contributed by atoms with Gasteiger partial charge in [-0.25, -0.2) is 4.98 Å². The molecule has 0 fully saturated rings. The van der Waals surface area contributed by atoms with Gasteiger partial charge in [0.05, 0.1) is 23.2 Å². The molecule has 1 N–H and O–H groups in total. The molecule has 1 heterocycles. The number of benzene rings is 3. The highest BCUT2D eigenvalue weighted by Crippen LogP contribution is 2.15. The van der Waals surface area contributed by atoms with E-state index in [1.165, 1.54) is 0 Å². The number of para-hydroxylation sites is 1. The van der Waals surface area contributed by atoms with Gasteiger partial charge in [0, 0.05) is 19.2 Å². The molecule has 33 heavy (non-hydrogen) atoms. The van der Waals surface area contributed by atoms with Gasteiger partial charge in [-0.3, -0.25) is 14.2 Å². The van der Waals surface area contributed by atoms with E-state index < -0.39 is 0 Å². The number of aromatic nitrogens is 2. The minimum absolute atomic E-state index is 0.134. The highest BCUT2D eigenvalue weighted by molar-refractivity contribution is 5.94. The molecule has 0 radical (unpaired) electrons. The molecule has 0 aliphatic carbocycles. The number of amides is 1. The van der Waals surface area contributed by atoms with Crippen LogP contribution in [0.2, 0.25) is 0 Å². The lowest BCUT2D eigenvalue weighted by atomic mass is 10.1. The summed E-state index contributed by atoms with van der Waals surface area (Å²) in [6.07, 6.45) is 0. The lowest BCUT2D eigenvalue weighted by molar-refractivity contribution is 0.0951. The predicted molar refractivity (Wildman–Crippen MR) is 127 cm³/mol. The Morgan fingerprint density at radius 2 is 1.70 bits per heavy atom. The van der Waals surface area contributed by atoms with E-state index in [1.54, 1.807) is 48.9 Å². The second kappa shape index (κ2) is 10.1. The molecular formula is C26H25N3O4. The molecule has 7 nitrogen and oxygen atoms in total. The van der Waals surface area contributed by atoms with Gasteiger partial charge in [0.15, 0.2) is 0 Å². The zero-order chi connectivity index (χ0) is 23.2. The number of hydrogen-bond acceptors (Lipinski definition) is 5. The van der Waals surface area contributed by atoms with Crippen molar-refractivity contribution in [2.45, 2.75) is 13.5 Å². The zero-order valence-electron chi connectivity index (χ0n) is 18.6. The lowest BCUT2D eigenvalue weighted by Crippen LogP contribution is -2.24. The summed E-state index contributed by atoms with van der Waals surface area (Å²) in [5.41, 5.74) is 2.67. The fourth-order valence-corrected chi connectivity index (χ4v) is 3.54. The highest BCUT2D eigenvalue weighted by Gasteiger charge is 2.11. The van der Waals surface area contributed by atoms with Crippen LogP contribution in [0.25, 0.3) is 16.6 Å². The Balaban J connectivity index is 1.43. The second-order valence-corrected chi connectivity index (χ2v) is 7.53. The molecule has 0 unspecified atom stereocenters. The van der Waals surface area contributed by atoms with Gasteiger partial charge in [0.2, 0.25) is 0 Å². The van der Waals surface area contributed by atoms with Crippen LogP contribution in [-0.2, 0) is 11.3 Å². The third kappa shape index (κ3) is 5.10. The van der Waals surface area contributed by atoms with E-state index in [-0.39, 0.29) is 11.5 Å². The van der Waals surface area contributed by atoms with Gasteiger partial charge >= 0.3 is 0 Å². The summed E-state index contributed by atoms with van der Waals surface area (Å²) in [5, 5.41) is 3.47. The first-order valence-corrected chi connectivity index (χ1v) is 10.6. The third-order valence-corrected chi connectivity index (χ3v) is 5.26. The van der Waals surface area contributed by atoms with Gasteiger partial charge in [-0.15, -0.1) is 0 Å². The Kier molecular flexibility index (Phi) is 6.80. The largest absolute Gasteiger partial charge is 0.491 e. The van der Waals surface area contributed by atoms with Crippen LogP contribution in [0.1, 0.15) is 21.7 Å². The van der Waals surface area contributed by atoms with Crippen LogP contribution in [0.3, 0.4) is 0 Å². The van der Waals surface area contributed by atoms with Gasteiger partial charge in [-0.05, 0) is 61.0 Å². The Hall–Kier alpha value is -3.97. The molecule has 0 saturated heterocycles. The number of fused-ring (bicyclic) bond motifs is 1. The van der Waals surface area contributed by atoms with Gasteiger partial charge in [-0.1, -0.05) is 24.3 Å². The molecule has 0 spiro atoms. The molecular weight excluding hydrogens is 418 g/mol. The summed E-state index contributed by atoms with van der Waals surface area (Å²) in [7, 11) is 1.63. The molecule has 7 heteroatoms. The normalized spacial score (nSPS) is 10.8. The van der Waals surface area contributed by atoms with Crippen molar-refractivity contribution in [2.24, 2.45) is 0 Å². The monoisotopic (exact) mass is 443 g/mol. The topological polar surface area (TPSA) is 82.4 Å². The number of aryl methyl sites for hydroxylation is 1. The SMILES string of the molecule is COCCOc1ccc(CNC(=O)c2ccc(-n3c(C)nc4ccccc4c3=O)cc2)cc1. The maximum atomic E-state index is 13.0. The minimum Gasteiger partial charge on any atom is -0.491 e. The van der Waals surface area contributed by atoms with Gasteiger partial charge < -0.3 is 14.8 Å². The van der Waals surface area contributed by atoms with Crippen molar-refractivity contribution in [3.8, 4) is 11.4 Å². The molecule has 4 rings (SSSR count). The summed E-state index contributed by atoms with van der Waals surface area (Å²) in [6, 6.07) is 21.7. The summed E-state index contributed by atoms with van der Waals surface area (Å²) in [6.45, 7) is 3.21. The van der Waals surface area contributed by atoms with Crippen LogP contribution in [0.5, 0.6) is 5.75 Å². The van der Waals surface area contributed by atoms with Crippen molar-refractivity contribution < 1.29 is 14.3 Å². The predicted octanol–water partition coefficient (Wildman–Crippen LogP) is 3.65. The number of carbonyl (C=O) groups is 1. The summed E-state index contributed by atoms with van der Waals surface area (Å²) in [4.78, 5) is 30.1. The van der Waals surface area contributed by atoms with Crippen molar-refractivity contribution in [1.29, 1.82) is 0 Å². The average molecular weight is 444 g/mol. The molecule has 0 saturated carbocycles.